The Labute approximate surface area is 288 Å². The van der Waals surface area contributed by atoms with Gasteiger partial charge in [-0.2, -0.15) is 0 Å². The number of benzene rings is 2. The molecule has 18 heteroatoms. The van der Waals surface area contributed by atoms with Crippen LogP contribution in [-0.2, 0) is 9.53 Å². The first-order valence-corrected chi connectivity index (χ1v) is 15.8. The van der Waals surface area contributed by atoms with Crippen molar-refractivity contribution in [2.75, 3.05) is 32.7 Å². The molecule has 2 saturated heterocycles. The van der Waals surface area contributed by atoms with E-state index in [4.69, 9.17) is 29.1 Å². The number of rotatable bonds is 12. The molecule has 6 rings (SSSR count). The van der Waals surface area contributed by atoms with E-state index in [-0.39, 0.29) is 40.4 Å². The largest absolute Gasteiger partial charge is 0.504 e. The second-order valence-electron chi connectivity index (χ2n) is 12.3. The third kappa shape index (κ3) is 6.90. The number of fused-ring (bicyclic) bond motifs is 1. The maximum absolute atomic E-state index is 13.2. The van der Waals surface area contributed by atoms with Crippen molar-refractivity contribution in [1.82, 2.24) is 15.6 Å². The van der Waals surface area contributed by atoms with Crippen LogP contribution in [0.1, 0.15) is 18.2 Å². The van der Waals surface area contributed by atoms with Crippen LogP contribution >= 0.6 is 0 Å². The van der Waals surface area contributed by atoms with Crippen molar-refractivity contribution in [1.29, 1.82) is 0 Å². The van der Waals surface area contributed by atoms with Gasteiger partial charge in [-0.1, -0.05) is 0 Å². The summed E-state index contributed by atoms with van der Waals surface area (Å²) in [6, 6.07) is 11.1. The monoisotopic (exact) mass is 714 g/mol. The van der Waals surface area contributed by atoms with Crippen LogP contribution in [0.2, 0.25) is 0 Å². The van der Waals surface area contributed by atoms with Crippen LogP contribution < -0.4 is 36.0 Å². The van der Waals surface area contributed by atoms with Crippen LogP contribution in [0.4, 0.5) is 5.82 Å². The fourth-order valence-electron chi connectivity index (χ4n) is 6.29. The molecule has 4 heterocycles. The molecule has 2 fully saturated rings. The number of phenols is 1. The number of nitrogens with two attached hydrogens (primary N) is 1. The van der Waals surface area contributed by atoms with Gasteiger partial charge in [0.05, 0.1) is 13.7 Å². The number of nitrogens with one attached hydrogen (secondary N) is 3. The highest BCUT2D eigenvalue weighted by molar-refractivity contribution is 5.89. The molecular weight excluding hydrogens is 676 g/mol. The van der Waals surface area contributed by atoms with E-state index >= 15 is 0 Å². The lowest BCUT2D eigenvalue weighted by atomic mass is 9.79. The summed E-state index contributed by atoms with van der Waals surface area (Å²) in [6.07, 6.45) is -10.5. The number of aliphatic hydroxyl groups is 5. The number of aliphatic hydroxyl groups excluding tert-OH is 4. The number of ether oxygens (including phenoxy) is 4. The highest BCUT2D eigenvalue weighted by atomic mass is 16.7. The fraction of sp³-hybridized carbons (Fsp3) is 0.394. The molecule has 2 aromatic heterocycles. The van der Waals surface area contributed by atoms with Crippen molar-refractivity contribution < 1.29 is 63.9 Å². The third-order valence-corrected chi connectivity index (χ3v) is 8.91. The number of hydrogen-bond donors (Lipinski definition) is 11. The quantitative estimate of drug-likeness (QED) is 0.0848. The number of aromatic nitrogens is 1. The highest BCUT2D eigenvalue weighted by Gasteiger charge is 2.59. The predicted octanol–water partition coefficient (Wildman–Crippen LogP) is -0.892. The Morgan fingerprint density at radius 1 is 1.16 bits per heavy atom. The van der Waals surface area contributed by atoms with Gasteiger partial charge in [-0.05, 0) is 42.8 Å². The number of aromatic amines is 1. The summed E-state index contributed by atoms with van der Waals surface area (Å²) in [5.41, 5.74) is 3.13. The number of hydrogen-bond acceptors (Lipinski definition) is 16. The summed E-state index contributed by atoms with van der Waals surface area (Å²) in [5.74, 6) is -2.40. The number of carboxylic acids is 1. The first-order valence-electron chi connectivity index (χ1n) is 15.8. The van der Waals surface area contributed by atoms with Gasteiger partial charge in [0.15, 0.2) is 29.1 Å². The van der Waals surface area contributed by atoms with E-state index < -0.39 is 72.2 Å². The average Bonchev–Trinajstić information content (AvgIpc) is 3.78. The zero-order valence-corrected chi connectivity index (χ0v) is 27.1. The molecule has 0 saturated carbocycles. The molecule has 0 amide bonds. The van der Waals surface area contributed by atoms with Gasteiger partial charge in [0.25, 0.3) is 0 Å². The first-order chi connectivity index (χ1) is 24.3. The Morgan fingerprint density at radius 3 is 2.51 bits per heavy atom. The van der Waals surface area contributed by atoms with Gasteiger partial charge < -0.3 is 80.5 Å². The summed E-state index contributed by atoms with van der Waals surface area (Å²) in [6.45, 7) is 0.248. The molecule has 8 unspecified atom stereocenters. The van der Waals surface area contributed by atoms with Gasteiger partial charge in [0, 0.05) is 42.6 Å². The lowest BCUT2D eigenvalue weighted by Crippen LogP contribution is -2.70. The molecule has 12 N–H and O–H groups in total. The van der Waals surface area contributed by atoms with Crippen LogP contribution in [0.25, 0.3) is 22.3 Å². The van der Waals surface area contributed by atoms with Crippen molar-refractivity contribution >= 4 is 22.8 Å². The Balaban J connectivity index is 1.27. The minimum Gasteiger partial charge on any atom is -0.504 e. The molecular formula is C33H38N4O14. The predicted molar refractivity (Wildman–Crippen MR) is 176 cm³/mol. The maximum Gasteiger partial charge on any atom is 0.336 e. The maximum atomic E-state index is 13.2. The zero-order chi connectivity index (χ0) is 36.6. The molecule has 4 aromatic rings. The smallest absolute Gasteiger partial charge is 0.336 e. The minimum atomic E-state index is -2.41. The molecule has 0 bridgehead atoms. The number of carboxylic acid groups (broad SMARTS) is 1. The van der Waals surface area contributed by atoms with Gasteiger partial charge in [0.2, 0.25) is 12.0 Å². The van der Waals surface area contributed by atoms with Crippen molar-refractivity contribution in [3.05, 3.63) is 64.4 Å². The summed E-state index contributed by atoms with van der Waals surface area (Å²) in [4.78, 5) is 28.2. The molecule has 274 valence electrons. The topological polar surface area (TPSA) is 292 Å². The number of carbonyl (C=O) groups is 1. The van der Waals surface area contributed by atoms with Crippen molar-refractivity contribution in [2.24, 2.45) is 0 Å². The molecule has 2 aliphatic heterocycles. The Bertz CT molecular complexity index is 1930. The van der Waals surface area contributed by atoms with E-state index in [9.17, 15) is 45.3 Å². The number of anilines is 1. The van der Waals surface area contributed by atoms with Gasteiger partial charge in [-0.25, -0.2) is 4.79 Å². The van der Waals surface area contributed by atoms with Crippen LogP contribution in [0.5, 0.6) is 23.0 Å². The molecule has 2 aliphatic rings. The number of H-pyrrole nitrogens is 1. The summed E-state index contributed by atoms with van der Waals surface area (Å²) in [5, 5.41) is 80.3. The van der Waals surface area contributed by atoms with Crippen molar-refractivity contribution in [3.8, 4) is 34.3 Å². The Hall–Kier alpha value is -4.92. The Kier molecular flexibility index (Phi) is 10.1. The van der Waals surface area contributed by atoms with Gasteiger partial charge >= 0.3 is 5.97 Å². The molecule has 0 radical (unpaired) electrons. The molecule has 18 nitrogen and oxygen atoms in total. The summed E-state index contributed by atoms with van der Waals surface area (Å²) >= 11 is 0. The van der Waals surface area contributed by atoms with Crippen molar-refractivity contribution in [2.45, 2.75) is 54.9 Å². The SMILES string of the molecule is COc1c(OC2OC(C(=O)O)C(O)(CC3CNCN3)C(O)C2O)cc2oc(-c3ccc(OC(CO)C(O)c4ccc(N)[nH]4)cc3)cc(=O)c2c1O. The van der Waals surface area contributed by atoms with E-state index in [1.807, 2.05) is 0 Å². The fourth-order valence-corrected chi connectivity index (χ4v) is 6.29. The van der Waals surface area contributed by atoms with E-state index in [0.29, 0.717) is 30.3 Å². The molecule has 0 spiro atoms. The second kappa shape index (κ2) is 14.4. The molecule has 0 aliphatic carbocycles. The van der Waals surface area contributed by atoms with Gasteiger partial charge in [-0.3, -0.25) is 4.79 Å². The number of nitrogen functional groups attached to an aromatic ring is 1. The van der Waals surface area contributed by atoms with Crippen LogP contribution in [0.3, 0.4) is 0 Å². The summed E-state index contributed by atoms with van der Waals surface area (Å²) in [7, 11) is 1.16. The van der Waals surface area contributed by atoms with E-state index in [0.717, 1.165) is 19.2 Å². The van der Waals surface area contributed by atoms with Gasteiger partial charge in [-0.15, -0.1) is 0 Å². The first kappa shape index (κ1) is 35.9. The lowest BCUT2D eigenvalue weighted by Gasteiger charge is -2.47. The summed E-state index contributed by atoms with van der Waals surface area (Å²) < 4.78 is 28.2. The standard InChI is InChI=1S/C33H38N4O14/c1-47-28-21(50-32-27(42)29(43)33(46,30(51-32)31(44)45)10-15-11-35-13-36-15)9-20-24(26(28)41)18(39)8-19(49-20)14-2-4-16(5-3-14)48-22(12-38)25(40)17-6-7-23(34)37-17/h2-9,15,22,25,27,29-30,32,35-38,40-43,46H,10-13,34H2,1H3,(H,44,45). The van der Waals surface area contributed by atoms with Crippen molar-refractivity contribution in [3.63, 3.8) is 0 Å². The Morgan fingerprint density at radius 2 is 1.90 bits per heavy atom. The van der Waals surface area contributed by atoms with Crippen LogP contribution in [0.15, 0.2) is 57.7 Å². The number of phenolic OH excluding ortho intramolecular Hbond substituents is 1. The zero-order valence-electron chi connectivity index (χ0n) is 27.1. The normalized spacial score (nSPS) is 26.1. The lowest BCUT2D eigenvalue weighted by molar-refractivity contribution is -0.306. The van der Waals surface area contributed by atoms with Crippen LogP contribution in [-0.4, -0.2) is 116 Å². The minimum absolute atomic E-state index is 0.0468. The number of aliphatic carboxylic acids is 1. The molecule has 51 heavy (non-hydrogen) atoms. The molecule has 2 aromatic carbocycles. The third-order valence-electron chi connectivity index (χ3n) is 8.91. The van der Waals surface area contributed by atoms with Crippen LogP contribution in [0, 0.1) is 0 Å². The van der Waals surface area contributed by atoms with E-state index in [1.54, 1.807) is 24.3 Å². The van der Waals surface area contributed by atoms with Gasteiger partial charge in [0.1, 0.15) is 52.2 Å². The average molecular weight is 715 g/mol. The number of aromatic hydroxyl groups is 1. The second-order valence-corrected chi connectivity index (χ2v) is 12.3. The number of methoxy groups -OCH3 is 1. The van der Waals surface area contributed by atoms with E-state index in [1.165, 1.54) is 12.1 Å². The highest BCUT2D eigenvalue weighted by Crippen LogP contribution is 2.44. The van der Waals surface area contributed by atoms with E-state index in [2.05, 4.69) is 15.6 Å². The molecule has 8 atom stereocenters.